The summed E-state index contributed by atoms with van der Waals surface area (Å²) in [5, 5.41) is 3.60. The van der Waals surface area contributed by atoms with Gasteiger partial charge in [0.2, 0.25) is 0 Å². The summed E-state index contributed by atoms with van der Waals surface area (Å²) >= 11 is 7.07. The van der Waals surface area contributed by atoms with Crippen molar-refractivity contribution in [2.45, 2.75) is 26.3 Å². The van der Waals surface area contributed by atoms with Gasteiger partial charge in [0.25, 0.3) is 0 Å². The predicted octanol–water partition coefficient (Wildman–Crippen LogP) is 6.08. The van der Waals surface area contributed by atoms with Crippen LogP contribution in [0.15, 0.2) is 51.4 Å². The van der Waals surface area contributed by atoms with E-state index in [1.165, 1.54) is 11.1 Å². The number of hydrogen-bond acceptors (Lipinski definition) is 1. The molecule has 0 amide bonds. The van der Waals surface area contributed by atoms with E-state index in [9.17, 15) is 0 Å². The largest absolute Gasteiger partial charge is 0.378 e. The van der Waals surface area contributed by atoms with Crippen molar-refractivity contribution in [1.82, 2.24) is 0 Å². The van der Waals surface area contributed by atoms with Crippen LogP contribution in [0.25, 0.3) is 0 Å². The van der Waals surface area contributed by atoms with Crippen molar-refractivity contribution in [2.75, 3.05) is 5.32 Å². The monoisotopic (exact) mass is 381 g/mol. The van der Waals surface area contributed by atoms with Crippen LogP contribution < -0.4 is 5.32 Å². The van der Waals surface area contributed by atoms with Gasteiger partial charge < -0.3 is 5.32 Å². The van der Waals surface area contributed by atoms with Gasteiger partial charge in [0.1, 0.15) is 0 Å². The molecule has 19 heavy (non-hydrogen) atoms. The number of nitrogens with one attached hydrogen (secondary N) is 1. The summed E-state index contributed by atoms with van der Waals surface area (Å²) < 4.78 is 2.27. The Morgan fingerprint density at radius 3 is 2.53 bits per heavy atom. The standard InChI is InChI=1S/C16H17Br2N/c1-3-16(12-5-4-6-13(17)10-12)19-14-7-8-15(18)11(2)9-14/h4-10,16,19H,3H2,1-2H3. The number of aryl methyl sites for hydroxylation is 1. The van der Waals surface area contributed by atoms with Crippen molar-refractivity contribution in [3.8, 4) is 0 Å². The Bertz CT molecular complexity index is 566. The van der Waals surface area contributed by atoms with Crippen LogP contribution in [0.3, 0.4) is 0 Å². The molecule has 0 saturated heterocycles. The van der Waals surface area contributed by atoms with Crippen molar-refractivity contribution in [3.05, 3.63) is 62.5 Å². The number of halogens is 2. The average molecular weight is 383 g/mol. The normalized spacial score (nSPS) is 12.2. The highest BCUT2D eigenvalue weighted by atomic mass is 79.9. The lowest BCUT2D eigenvalue weighted by Gasteiger charge is -2.19. The Morgan fingerprint density at radius 1 is 1.11 bits per heavy atom. The molecule has 0 saturated carbocycles. The SMILES string of the molecule is CCC(Nc1ccc(Br)c(C)c1)c1cccc(Br)c1. The van der Waals surface area contributed by atoms with E-state index >= 15 is 0 Å². The van der Waals surface area contributed by atoms with Crippen LogP contribution in [0.5, 0.6) is 0 Å². The summed E-state index contributed by atoms with van der Waals surface area (Å²) in [7, 11) is 0. The minimum atomic E-state index is 0.332. The highest BCUT2D eigenvalue weighted by molar-refractivity contribution is 9.10. The summed E-state index contributed by atoms with van der Waals surface area (Å²) in [6.07, 6.45) is 1.05. The van der Waals surface area contributed by atoms with E-state index in [4.69, 9.17) is 0 Å². The second-order valence-electron chi connectivity index (χ2n) is 4.62. The summed E-state index contributed by atoms with van der Waals surface area (Å²) in [6.45, 7) is 4.31. The highest BCUT2D eigenvalue weighted by Crippen LogP contribution is 2.27. The van der Waals surface area contributed by atoms with Gasteiger partial charge in [0, 0.05) is 14.6 Å². The molecule has 0 heterocycles. The first-order valence-corrected chi connectivity index (χ1v) is 7.97. The Kier molecular flexibility index (Phi) is 5.06. The Balaban J connectivity index is 2.21. The van der Waals surface area contributed by atoms with Crippen LogP contribution >= 0.6 is 31.9 Å². The number of benzene rings is 2. The van der Waals surface area contributed by atoms with Gasteiger partial charge in [-0.3, -0.25) is 0 Å². The van der Waals surface area contributed by atoms with Crippen molar-refractivity contribution in [1.29, 1.82) is 0 Å². The van der Waals surface area contributed by atoms with Crippen molar-refractivity contribution < 1.29 is 0 Å². The first-order valence-electron chi connectivity index (χ1n) is 6.38. The van der Waals surface area contributed by atoms with Gasteiger partial charge in [-0.05, 0) is 54.8 Å². The Hall–Kier alpha value is -0.800. The molecule has 0 aromatic heterocycles. The quantitative estimate of drug-likeness (QED) is 0.675. The zero-order chi connectivity index (χ0) is 13.8. The van der Waals surface area contributed by atoms with Crippen LogP contribution in [0.4, 0.5) is 5.69 Å². The predicted molar refractivity (Wildman–Crippen MR) is 89.7 cm³/mol. The molecule has 0 aliphatic carbocycles. The van der Waals surface area contributed by atoms with Crippen LogP contribution in [0.2, 0.25) is 0 Å². The summed E-state index contributed by atoms with van der Waals surface area (Å²) in [4.78, 5) is 0. The lowest BCUT2D eigenvalue weighted by molar-refractivity contribution is 0.749. The molecule has 1 nitrogen and oxygen atoms in total. The smallest absolute Gasteiger partial charge is 0.0511 e. The van der Waals surface area contributed by atoms with Gasteiger partial charge in [-0.25, -0.2) is 0 Å². The van der Waals surface area contributed by atoms with E-state index in [0.29, 0.717) is 6.04 Å². The van der Waals surface area contributed by atoms with Gasteiger partial charge in [-0.2, -0.15) is 0 Å². The Morgan fingerprint density at radius 2 is 1.89 bits per heavy atom. The van der Waals surface area contributed by atoms with Gasteiger partial charge >= 0.3 is 0 Å². The second-order valence-corrected chi connectivity index (χ2v) is 6.39. The fourth-order valence-electron chi connectivity index (χ4n) is 2.08. The van der Waals surface area contributed by atoms with E-state index in [1.54, 1.807) is 0 Å². The third kappa shape index (κ3) is 3.83. The molecule has 1 N–H and O–H groups in total. The molecule has 3 heteroatoms. The molecular formula is C16H17Br2N. The molecule has 0 spiro atoms. The molecule has 0 bridgehead atoms. The van der Waals surface area contributed by atoms with Crippen molar-refractivity contribution >= 4 is 37.5 Å². The van der Waals surface area contributed by atoms with Crippen molar-refractivity contribution in [2.24, 2.45) is 0 Å². The lowest BCUT2D eigenvalue weighted by Crippen LogP contribution is -2.09. The first-order chi connectivity index (χ1) is 9.10. The molecule has 2 rings (SSSR count). The average Bonchev–Trinajstić information content (AvgIpc) is 2.40. The maximum atomic E-state index is 3.60. The molecule has 1 unspecified atom stereocenters. The van der Waals surface area contributed by atoms with Crippen LogP contribution in [0.1, 0.15) is 30.5 Å². The molecule has 0 aliphatic rings. The number of anilines is 1. The van der Waals surface area contributed by atoms with Crippen molar-refractivity contribution in [3.63, 3.8) is 0 Å². The first kappa shape index (κ1) is 14.6. The fraction of sp³-hybridized carbons (Fsp3) is 0.250. The number of hydrogen-bond donors (Lipinski definition) is 1. The molecular weight excluding hydrogens is 366 g/mol. The molecule has 0 radical (unpaired) electrons. The van der Waals surface area contributed by atoms with E-state index < -0.39 is 0 Å². The lowest BCUT2D eigenvalue weighted by atomic mass is 10.0. The minimum Gasteiger partial charge on any atom is -0.378 e. The minimum absolute atomic E-state index is 0.332. The molecule has 0 aliphatic heterocycles. The summed E-state index contributed by atoms with van der Waals surface area (Å²) in [6, 6.07) is 15.2. The molecule has 2 aromatic rings. The van der Waals surface area contributed by atoms with E-state index in [1.807, 2.05) is 0 Å². The number of rotatable bonds is 4. The van der Waals surface area contributed by atoms with Gasteiger partial charge in [0.15, 0.2) is 0 Å². The molecule has 2 aromatic carbocycles. The topological polar surface area (TPSA) is 12.0 Å². The Labute approximate surface area is 131 Å². The second kappa shape index (κ2) is 6.58. The highest BCUT2D eigenvalue weighted by Gasteiger charge is 2.09. The van der Waals surface area contributed by atoms with Crippen LogP contribution in [-0.4, -0.2) is 0 Å². The van der Waals surface area contributed by atoms with E-state index in [0.717, 1.165) is 21.1 Å². The molecule has 100 valence electrons. The molecule has 0 fully saturated rings. The summed E-state index contributed by atoms with van der Waals surface area (Å²) in [5.74, 6) is 0. The van der Waals surface area contributed by atoms with Gasteiger partial charge in [-0.1, -0.05) is 50.9 Å². The van der Waals surface area contributed by atoms with Crippen LogP contribution in [0, 0.1) is 6.92 Å². The maximum absolute atomic E-state index is 3.60. The molecule has 1 atom stereocenters. The zero-order valence-electron chi connectivity index (χ0n) is 11.1. The van der Waals surface area contributed by atoms with E-state index in [2.05, 4.69) is 93.5 Å². The zero-order valence-corrected chi connectivity index (χ0v) is 14.3. The summed E-state index contributed by atoms with van der Waals surface area (Å²) in [5.41, 5.74) is 3.71. The van der Waals surface area contributed by atoms with Gasteiger partial charge in [0.05, 0.1) is 6.04 Å². The maximum Gasteiger partial charge on any atom is 0.0511 e. The van der Waals surface area contributed by atoms with Gasteiger partial charge in [-0.15, -0.1) is 0 Å². The third-order valence-electron chi connectivity index (χ3n) is 3.16. The van der Waals surface area contributed by atoms with E-state index in [-0.39, 0.29) is 0 Å². The fourth-order valence-corrected chi connectivity index (χ4v) is 2.74. The third-order valence-corrected chi connectivity index (χ3v) is 4.54. The van der Waals surface area contributed by atoms with Crippen LogP contribution in [-0.2, 0) is 0 Å².